The van der Waals surface area contributed by atoms with Gasteiger partial charge in [-0.2, -0.15) is 18.4 Å². The molecule has 0 saturated carbocycles. The first-order valence-electron chi connectivity index (χ1n) is 9.99. The zero-order chi connectivity index (χ0) is 25.8. The van der Waals surface area contributed by atoms with Gasteiger partial charge >= 0.3 is 6.18 Å². The van der Waals surface area contributed by atoms with Crippen LogP contribution in [0, 0.1) is 18.3 Å². The number of aryl methyl sites for hydroxylation is 1. The Balaban J connectivity index is 1.85. The normalized spacial score (nSPS) is 11.5. The van der Waals surface area contributed by atoms with Gasteiger partial charge in [0.1, 0.15) is 22.5 Å². The van der Waals surface area contributed by atoms with Crippen LogP contribution < -0.4 is 4.74 Å². The maximum atomic E-state index is 13.2. The van der Waals surface area contributed by atoms with Gasteiger partial charge in [0.05, 0.1) is 22.7 Å². The molecule has 3 aromatic rings. The number of nitriles is 1. The number of alkyl halides is 3. The molecule has 1 heterocycles. The Morgan fingerprint density at radius 2 is 1.91 bits per heavy atom. The number of rotatable bonds is 7. The van der Waals surface area contributed by atoms with Gasteiger partial charge in [-0.05, 0) is 60.5 Å². The van der Waals surface area contributed by atoms with E-state index in [1.54, 1.807) is 30.3 Å². The third-order valence-electron chi connectivity index (χ3n) is 4.89. The molecule has 4 nitrogen and oxygen atoms in total. The number of hydrogen-bond acceptors (Lipinski definition) is 5. The number of nitrogens with zero attached hydrogens (tertiary/aromatic N) is 2. The van der Waals surface area contributed by atoms with Crippen LogP contribution in [0.4, 0.5) is 13.2 Å². The lowest BCUT2D eigenvalue weighted by molar-refractivity contribution is -0.141. The molecular weight excluding hydrogens is 520 g/mol. The smallest absolute Gasteiger partial charge is 0.433 e. The van der Waals surface area contributed by atoms with Crippen LogP contribution in [0.25, 0.3) is 6.08 Å². The quantitative estimate of drug-likeness (QED) is 0.175. The van der Waals surface area contributed by atoms with Gasteiger partial charge in [-0.1, -0.05) is 35.3 Å². The molecule has 0 N–H and O–H groups in total. The van der Waals surface area contributed by atoms with E-state index in [0.717, 1.165) is 17.8 Å². The third-order valence-corrected chi connectivity index (χ3v) is 6.65. The molecule has 0 saturated heterocycles. The summed E-state index contributed by atoms with van der Waals surface area (Å²) in [5.41, 5.74) is 0.925. The minimum atomic E-state index is -4.63. The molecule has 0 aliphatic rings. The van der Waals surface area contributed by atoms with Crippen molar-refractivity contribution in [1.82, 2.24) is 4.98 Å². The Morgan fingerprint density at radius 3 is 2.54 bits per heavy atom. The molecule has 0 radical (unpaired) electrons. The number of benzene rings is 2. The summed E-state index contributed by atoms with van der Waals surface area (Å²) in [4.78, 5) is 16.1. The van der Waals surface area contributed by atoms with Gasteiger partial charge in [-0.25, -0.2) is 4.98 Å². The number of ketones is 1. The van der Waals surface area contributed by atoms with Crippen molar-refractivity contribution < 1.29 is 22.7 Å². The van der Waals surface area contributed by atoms with E-state index in [1.807, 2.05) is 6.07 Å². The second kappa shape index (κ2) is 11.2. The lowest BCUT2D eigenvalue weighted by Gasteiger charge is -2.13. The molecule has 1 aromatic heterocycles. The molecule has 10 heteroatoms. The second-order valence-electron chi connectivity index (χ2n) is 7.30. The van der Waals surface area contributed by atoms with E-state index in [-0.39, 0.29) is 32.7 Å². The predicted molar refractivity (Wildman–Crippen MR) is 131 cm³/mol. The number of ether oxygens (including phenoxy) is 1. The highest BCUT2D eigenvalue weighted by atomic mass is 35.5. The zero-order valence-corrected chi connectivity index (χ0v) is 20.7. The van der Waals surface area contributed by atoms with E-state index in [2.05, 4.69) is 4.98 Å². The highest BCUT2D eigenvalue weighted by Gasteiger charge is 2.34. The Hall–Kier alpha value is -2.99. The number of allylic oxidation sites excluding steroid dienone is 1. The van der Waals surface area contributed by atoms with E-state index in [9.17, 15) is 23.2 Å². The van der Waals surface area contributed by atoms with E-state index >= 15 is 0 Å². The Labute approximate surface area is 214 Å². The van der Waals surface area contributed by atoms with Gasteiger partial charge in [0.2, 0.25) is 0 Å². The van der Waals surface area contributed by atoms with Crippen molar-refractivity contribution in [2.24, 2.45) is 0 Å². The molecule has 0 aliphatic carbocycles. The number of thioether (sulfide) groups is 1. The fourth-order valence-corrected chi connectivity index (χ4v) is 4.44. The molecule has 35 heavy (non-hydrogen) atoms. The summed E-state index contributed by atoms with van der Waals surface area (Å²) in [6, 6.07) is 12.5. The van der Waals surface area contributed by atoms with Gasteiger partial charge in [-0.15, -0.1) is 11.8 Å². The first-order valence-corrected chi connectivity index (χ1v) is 11.7. The highest BCUT2D eigenvalue weighted by molar-refractivity contribution is 7.98. The predicted octanol–water partition coefficient (Wildman–Crippen LogP) is 7.78. The SMILES string of the molecule is COc1ccc(/C=C/C(=O)c2ccc(Cl)c(Cl)c2)cc1CSc1nc(C(F)(F)F)cc(C)c1C#N. The maximum absolute atomic E-state index is 13.2. The first-order chi connectivity index (χ1) is 16.5. The summed E-state index contributed by atoms with van der Waals surface area (Å²) in [6.45, 7) is 1.44. The molecule has 0 atom stereocenters. The summed E-state index contributed by atoms with van der Waals surface area (Å²) < 4.78 is 45.0. The Morgan fingerprint density at radius 1 is 1.17 bits per heavy atom. The van der Waals surface area contributed by atoms with E-state index in [0.29, 0.717) is 27.5 Å². The zero-order valence-electron chi connectivity index (χ0n) is 18.4. The lowest BCUT2D eigenvalue weighted by atomic mass is 10.1. The Bertz CT molecular complexity index is 1350. The van der Waals surface area contributed by atoms with Crippen molar-refractivity contribution in [1.29, 1.82) is 5.26 Å². The lowest BCUT2D eigenvalue weighted by Crippen LogP contribution is -2.10. The summed E-state index contributed by atoms with van der Waals surface area (Å²) in [7, 11) is 1.47. The summed E-state index contributed by atoms with van der Waals surface area (Å²) in [6.07, 6.45) is -1.65. The van der Waals surface area contributed by atoms with Gasteiger partial charge in [0, 0.05) is 16.9 Å². The van der Waals surface area contributed by atoms with Crippen LogP contribution in [0.15, 0.2) is 53.6 Å². The van der Waals surface area contributed by atoms with Crippen LogP contribution in [0.5, 0.6) is 5.75 Å². The molecule has 0 unspecified atom stereocenters. The average Bonchev–Trinajstić information content (AvgIpc) is 2.82. The van der Waals surface area contributed by atoms with Crippen molar-refractivity contribution in [2.75, 3.05) is 7.11 Å². The molecule has 180 valence electrons. The molecule has 0 spiro atoms. The van der Waals surface area contributed by atoms with Crippen LogP contribution in [0.2, 0.25) is 10.0 Å². The van der Waals surface area contributed by atoms with Crippen molar-refractivity contribution in [3.05, 3.63) is 92.1 Å². The minimum Gasteiger partial charge on any atom is -0.496 e. The van der Waals surface area contributed by atoms with Crippen LogP contribution in [-0.4, -0.2) is 17.9 Å². The number of aromatic nitrogens is 1. The topological polar surface area (TPSA) is 63.0 Å². The van der Waals surface area contributed by atoms with Crippen LogP contribution >= 0.6 is 35.0 Å². The number of pyridine rings is 1. The third kappa shape index (κ3) is 6.57. The van der Waals surface area contributed by atoms with E-state index < -0.39 is 11.9 Å². The van der Waals surface area contributed by atoms with Crippen molar-refractivity contribution in [3.8, 4) is 11.8 Å². The number of methoxy groups -OCH3 is 1. The van der Waals surface area contributed by atoms with Gasteiger partial charge in [0.25, 0.3) is 0 Å². The molecule has 0 fully saturated rings. The summed E-state index contributed by atoms with van der Waals surface area (Å²) >= 11 is 12.9. The minimum absolute atomic E-state index is 0.0161. The largest absolute Gasteiger partial charge is 0.496 e. The Kier molecular flexibility index (Phi) is 8.49. The monoisotopic (exact) mass is 536 g/mol. The fourth-order valence-electron chi connectivity index (χ4n) is 3.11. The number of carbonyl (C=O) groups is 1. The maximum Gasteiger partial charge on any atom is 0.433 e. The summed E-state index contributed by atoms with van der Waals surface area (Å²) in [5.74, 6) is 0.416. The molecule has 0 bridgehead atoms. The molecular formula is C25H17Cl2F3N2O2S. The molecule has 3 rings (SSSR count). The van der Waals surface area contributed by atoms with Crippen LogP contribution in [0.3, 0.4) is 0 Å². The van der Waals surface area contributed by atoms with E-state index in [4.69, 9.17) is 27.9 Å². The van der Waals surface area contributed by atoms with Gasteiger partial charge < -0.3 is 4.74 Å². The van der Waals surface area contributed by atoms with Crippen LogP contribution in [-0.2, 0) is 11.9 Å². The summed E-state index contributed by atoms with van der Waals surface area (Å²) in [5, 5.41) is 10.0. The van der Waals surface area contributed by atoms with Crippen molar-refractivity contribution >= 4 is 46.8 Å². The number of carbonyl (C=O) groups excluding carboxylic acids is 1. The number of hydrogen-bond donors (Lipinski definition) is 0. The van der Waals surface area contributed by atoms with Crippen molar-refractivity contribution in [3.63, 3.8) is 0 Å². The molecule has 0 aliphatic heterocycles. The highest BCUT2D eigenvalue weighted by Crippen LogP contribution is 2.35. The first kappa shape index (κ1) is 26.6. The average molecular weight is 537 g/mol. The fraction of sp³-hybridized carbons (Fsp3) is 0.160. The van der Waals surface area contributed by atoms with E-state index in [1.165, 1.54) is 32.2 Å². The second-order valence-corrected chi connectivity index (χ2v) is 9.08. The van der Waals surface area contributed by atoms with Crippen molar-refractivity contribution in [2.45, 2.75) is 23.9 Å². The standard InChI is InChI=1S/C25H17Cl2F3N2O2S/c1-14-9-23(25(28,29)30)32-24(18(14)12-31)35-13-17-10-15(4-8-22(17)34-2)3-7-21(33)16-5-6-19(26)20(27)11-16/h3-11H,13H2,1-2H3/b7-3+. The molecule has 0 amide bonds. The molecule has 2 aromatic carbocycles. The van der Waals surface area contributed by atoms with Gasteiger partial charge in [-0.3, -0.25) is 4.79 Å². The number of halogens is 5. The van der Waals surface area contributed by atoms with Crippen LogP contribution in [0.1, 0.15) is 38.3 Å². The van der Waals surface area contributed by atoms with Gasteiger partial charge in [0.15, 0.2) is 5.78 Å².